The van der Waals surface area contributed by atoms with Crippen LogP contribution in [0.1, 0.15) is 26.2 Å². The summed E-state index contributed by atoms with van der Waals surface area (Å²) in [7, 11) is 0. The van der Waals surface area contributed by atoms with Crippen LogP contribution < -0.4 is 0 Å². The summed E-state index contributed by atoms with van der Waals surface area (Å²) in [6.45, 7) is 1.99. The molecule has 0 aromatic carbocycles. The van der Waals surface area contributed by atoms with Crippen LogP contribution in [0.3, 0.4) is 0 Å². The summed E-state index contributed by atoms with van der Waals surface area (Å²) in [6.07, 6.45) is 3.63. The van der Waals surface area contributed by atoms with Crippen LogP contribution in [-0.2, 0) is 15.9 Å². The first-order valence-corrected chi connectivity index (χ1v) is 3.75. The Morgan fingerprint density at radius 2 is 2.38 bits per heavy atom. The summed E-state index contributed by atoms with van der Waals surface area (Å²) in [4.78, 5) is 0. The van der Waals surface area contributed by atoms with E-state index in [1.54, 1.807) is 5.92 Å². The largest absolute Gasteiger partial charge is 0.461 e. The lowest BCUT2D eigenvalue weighted by atomic mass is 10.2. The Balaban J connectivity index is 2.06. The fourth-order valence-corrected chi connectivity index (χ4v) is 1.04. The summed E-state index contributed by atoms with van der Waals surface area (Å²) >= 11 is 0.722. The molecule has 0 N–H and O–H groups in total. The highest BCUT2D eigenvalue weighted by Crippen LogP contribution is 2.36. The van der Waals surface area contributed by atoms with E-state index >= 15 is 0 Å². The highest BCUT2D eigenvalue weighted by molar-refractivity contribution is 7.66. The zero-order chi connectivity index (χ0) is 5.98. The lowest BCUT2D eigenvalue weighted by Gasteiger charge is -1.84. The van der Waals surface area contributed by atoms with Crippen molar-refractivity contribution in [1.82, 2.24) is 0 Å². The van der Waals surface area contributed by atoms with Crippen molar-refractivity contribution in [2.24, 2.45) is 0 Å². The predicted molar refractivity (Wildman–Crippen MR) is 34.6 cm³/mol. The predicted octanol–water partition coefficient (Wildman–Crippen LogP) is 1.56. The van der Waals surface area contributed by atoms with Gasteiger partial charge in [0.15, 0.2) is 0 Å². The molecule has 1 fully saturated rings. The van der Waals surface area contributed by atoms with Crippen molar-refractivity contribution >= 4 is 11.7 Å². The van der Waals surface area contributed by atoms with E-state index in [0.29, 0.717) is 5.25 Å². The third-order valence-electron chi connectivity index (χ3n) is 1.34. The van der Waals surface area contributed by atoms with E-state index in [-0.39, 0.29) is 0 Å². The Morgan fingerprint density at radius 1 is 1.75 bits per heavy atom. The molecule has 1 radical (unpaired) electrons. The van der Waals surface area contributed by atoms with E-state index < -0.39 is 0 Å². The second-order valence-electron chi connectivity index (χ2n) is 2.36. The Labute approximate surface area is 54.0 Å². The minimum absolute atomic E-state index is 0.312. The van der Waals surface area contributed by atoms with E-state index in [9.17, 15) is 4.21 Å². The highest BCUT2D eigenvalue weighted by Gasteiger charge is 2.29. The van der Waals surface area contributed by atoms with Crippen LogP contribution in [0.5, 0.6) is 0 Å². The van der Waals surface area contributed by atoms with E-state index in [4.69, 9.17) is 0 Å². The van der Waals surface area contributed by atoms with Gasteiger partial charge in [-0.25, -0.2) is 0 Å². The Hall–Kier alpha value is 0.0200. The molecule has 1 rings (SSSR count). The van der Waals surface area contributed by atoms with Crippen molar-refractivity contribution in [3.63, 3.8) is 0 Å². The molecule has 1 aliphatic rings. The molecule has 45 valence electrons. The highest BCUT2D eigenvalue weighted by atomic mass is 32.1. The Bertz CT molecular complexity index is 88.5. The molecule has 8 heavy (non-hydrogen) atoms. The zero-order valence-electron chi connectivity index (χ0n) is 5.02. The van der Waals surface area contributed by atoms with Crippen molar-refractivity contribution < 1.29 is 4.21 Å². The van der Waals surface area contributed by atoms with Crippen LogP contribution in [0, 0.1) is 5.92 Å². The van der Waals surface area contributed by atoms with E-state index in [2.05, 4.69) is 0 Å². The van der Waals surface area contributed by atoms with E-state index in [1.165, 1.54) is 12.8 Å². The van der Waals surface area contributed by atoms with Gasteiger partial charge in [0.1, 0.15) is 0 Å². The van der Waals surface area contributed by atoms with Crippen molar-refractivity contribution in [2.45, 2.75) is 31.4 Å². The Kier molecular flexibility index (Phi) is 1.95. The molecule has 1 atom stereocenters. The van der Waals surface area contributed by atoms with Gasteiger partial charge >= 0.3 is 11.7 Å². The first-order chi connectivity index (χ1) is 3.83. The molecule has 0 saturated heterocycles. The maximum Gasteiger partial charge on any atom is 0.461 e. The first-order valence-electron chi connectivity index (χ1n) is 2.95. The maximum absolute atomic E-state index is 10.1. The minimum Gasteiger partial charge on any atom is -0.0463 e. The standard InChI is InChI=1S/C6H10OS/c1-5(8-7)4-6-2-3-6/h5H,2-4H2,1H3/q+1. The van der Waals surface area contributed by atoms with Gasteiger partial charge in [-0.2, -0.15) is 0 Å². The molecule has 1 nitrogen and oxygen atoms in total. The van der Waals surface area contributed by atoms with Crippen molar-refractivity contribution in [1.29, 1.82) is 0 Å². The molecule has 0 bridgehead atoms. The lowest BCUT2D eigenvalue weighted by Crippen LogP contribution is -1.97. The number of hydrogen-bond acceptors (Lipinski definition) is 1. The molecule has 0 amide bonds. The quantitative estimate of drug-likeness (QED) is 0.530. The number of hydrogen-bond donors (Lipinski definition) is 0. The molecular formula is C6H10OS+. The van der Waals surface area contributed by atoms with Gasteiger partial charge in [-0.05, 0) is 25.7 Å². The first kappa shape index (κ1) is 6.14. The average molecular weight is 130 g/mol. The van der Waals surface area contributed by atoms with Crippen molar-refractivity contribution in [3.05, 3.63) is 5.92 Å². The topological polar surface area (TPSA) is 17.1 Å². The summed E-state index contributed by atoms with van der Waals surface area (Å²) in [5.74, 6) is 1.58. The van der Waals surface area contributed by atoms with Crippen molar-refractivity contribution in [3.8, 4) is 0 Å². The van der Waals surface area contributed by atoms with Crippen molar-refractivity contribution in [2.75, 3.05) is 0 Å². The molecule has 1 unspecified atom stereocenters. The average Bonchev–Trinajstić information content (AvgIpc) is 2.50. The van der Waals surface area contributed by atoms with Gasteiger partial charge in [0.05, 0.1) is 0 Å². The van der Waals surface area contributed by atoms with E-state index in [0.717, 1.165) is 18.1 Å². The smallest absolute Gasteiger partial charge is 0.0463 e. The Morgan fingerprint density at radius 3 is 2.75 bits per heavy atom. The SMILES string of the molecule is CC(C[C]1CC1)[S+]=O. The summed E-state index contributed by atoms with van der Waals surface area (Å²) in [6, 6.07) is 0. The summed E-state index contributed by atoms with van der Waals surface area (Å²) < 4.78 is 10.1. The molecule has 1 saturated carbocycles. The van der Waals surface area contributed by atoms with E-state index in [1.807, 2.05) is 6.92 Å². The molecule has 2 heteroatoms. The normalized spacial score (nSPS) is 22.6. The van der Waals surface area contributed by atoms with Crippen LogP contribution in [0.15, 0.2) is 0 Å². The van der Waals surface area contributed by atoms with Crippen LogP contribution in [0.4, 0.5) is 0 Å². The zero-order valence-corrected chi connectivity index (χ0v) is 5.83. The minimum atomic E-state index is 0.312. The van der Waals surface area contributed by atoms with Gasteiger partial charge in [0.2, 0.25) is 5.25 Å². The monoisotopic (exact) mass is 130 g/mol. The lowest BCUT2D eigenvalue weighted by molar-refractivity contribution is 0.598. The second kappa shape index (κ2) is 2.53. The van der Waals surface area contributed by atoms with Gasteiger partial charge in [0, 0.05) is 10.6 Å². The van der Waals surface area contributed by atoms with Gasteiger partial charge in [-0.15, -0.1) is 0 Å². The summed E-state index contributed by atoms with van der Waals surface area (Å²) in [5, 5.41) is 0.312. The second-order valence-corrected chi connectivity index (χ2v) is 3.36. The van der Waals surface area contributed by atoms with Gasteiger partial charge in [-0.3, -0.25) is 0 Å². The van der Waals surface area contributed by atoms with Crippen LogP contribution >= 0.6 is 0 Å². The molecule has 0 spiro atoms. The van der Waals surface area contributed by atoms with Crippen LogP contribution in [0.2, 0.25) is 0 Å². The molecule has 1 aliphatic carbocycles. The molecule has 0 aromatic rings. The molecule has 0 heterocycles. The molecular weight excluding hydrogens is 120 g/mol. The van der Waals surface area contributed by atoms with Gasteiger partial charge < -0.3 is 0 Å². The van der Waals surface area contributed by atoms with Gasteiger partial charge in [-0.1, -0.05) is 0 Å². The molecule has 0 aromatic heterocycles. The van der Waals surface area contributed by atoms with Crippen LogP contribution in [-0.4, -0.2) is 5.25 Å². The third kappa shape index (κ3) is 1.86. The fraction of sp³-hybridized carbons (Fsp3) is 0.833. The summed E-state index contributed by atoms with van der Waals surface area (Å²) in [5.41, 5.74) is 0. The third-order valence-corrected chi connectivity index (χ3v) is 1.84. The number of rotatable bonds is 3. The maximum atomic E-state index is 10.1. The fourth-order valence-electron chi connectivity index (χ4n) is 0.733. The van der Waals surface area contributed by atoms with Crippen LogP contribution in [0.25, 0.3) is 0 Å². The molecule has 0 aliphatic heterocycles. The van der Waals surface area contributed by atoms with Gasteiger partial charge in [0.25, 0.3) is 0 Å².